The molecule has 1 rings (SSSR count). The van der Waals surface area contributed by atoms with Crippen LogP contribution in [0.2, 0.25) is 0 Å². The minimum atomic E-state index is 0.389. The van der Waals surface area contributed by atoms with Crippen molar-refractivity contribution in [2.75, 3.05) is 0 Å². The van der Waals surface area contributed by atoms with Crippen molar-refractivity contribution in [3.05, 3.63) is 35.4 Å². The number of hydrazine groups is 1. The summed E-state index contributed by atoms with van der Waals surface area (Å²) >= 11 is 0. The fourth-order valence-corrected chi connectivity index (χ4v) is 1.35. The molecule has 0 fully saturated rings. The quantitative estimate of drug-likeness (QED) is 0.545. The van der Waals surface area contributed by atoms with E-state index >= 15 is 0 Å². The lowest BCUT2D eigenvalue weighted by atomic mass is 10.0. The second-order valence-electron chi connectivity index (χ2n) is 3.53. The number of nitrogens with one attached hydrogen (secondary N) is 1. The summed E-state index contributed by atoms with van der Waals surface area (Å²) in [6.07, 6.45) is 2.18. The van der Waals surface area contributed by atoms with Gasteiger partial charge in [-0.1, -0.05) is 24.3 Å². The Balaban J connectivity index is 2.50. The normalized spacial score (nSPS) is 12.8. The Bertz CT molecular complexity index is 258. The topological polar surface area (TPSA) is 38.0 Å². The van der Waals surface area contributed by atoms with Crippen molar-refractivity contribution < 1.29 is 0 Å². The molecule has 0 bridgehead atoms. The first-order chi connectivity index (χ1) is 6.24. The number of hydrogen-bond acceptors (Lipinski definition) is 2. The Morgan fingerprint density at radius 2 is 2.08 bits per heavy atom. The molecule has 3 N–H and O–H groups in total. The molecule has 72 valence electrons. The molecule has 0 saturated carbocycles. The standard InChI is InChI=1S/C11H18N2/c1-9-5-3-4-6-11(9)8-7-10(2)13-12/h3-6,10,13H,7-8,12H2,1-2H3. The first-order valence-electron chi connectivity index (χ1n) is 4.74. The molecule has 1 atom stereocenters. The predicted molar refractivity (Wildman–Crippen MR) is 56.3 cm³/mol. The lowest BCUT2D eigenvalue weighted by Crippen LogP contribution is -2.32. The Labute approximate surface area is 80.1 Å². The van der Waals surface area contributed by atoms with E-state index in [4.69, 9.17) is 5.84 Å². The van der Waals surface area contributed by atoms with Gasteiger partial charge in [0.2, 0.25) is 0 Å². The van der Waals surface area contributed by atoms with Gasteiger partial charge in [0.05, 0.1) is 0 Å². The zero-order valence-electron chi connectivity index (χ0n) is 8.38. The monoisotopic (exact) mass is 178 g/mol. The van der Waals surface area contributed by atoms with Crippen molar-refractivity contribution >= 4 is 0 Å². The summed E-state index contributed by atoms with van der Waals surface area (Å²) in [7, 11) is 0. The Morgan fingerprint density at radius 1 is 1.38 bits per heavy atom. The summed E-state index contributed by atoms with van der Waals surface area (Å²) in [5.41, 5.74) is 5.54. The van der Waals surface area contributed by atoms with E-state index in [2.05, 4.69) is 43.5 Å². The average Bonchev–Trinajstić information content (AvgIpc) is 2.16. The lowest BCUT2D eigenvalue weighted by Gasteiger charge is -2.10. The van der Waals surface area contributed by atoms with Crippen LogP contribution in [0.25, 0.3) is 0 Å². The highest BCUT2D eigenvalue weighted by Crippen LogP contribution is 2.10. The minimum absolute atomic E-state index is 0.389. The van der Waals surface area contributed by atoms with Gasteiger partial charge >= 0.3 is 0 Å². The molecule has 0 amide bonds. The van der Waals surface area contributed by atoms with Crippen LogP contribution in [0, 0.1) is 6.92 Å². The van der Waals surface area contributed by atoms with Crippen molar-refractivity contribution in [2.24, 2.45) is 5.84 Å². The molecule has 0 heterocycles. The van der Waals surface area contributed by atoms with Crippen molar-refractivity contribution in [3.63, 3.8) is 0 Å². The minimum Gasteiger partial charge on any atom is -0.271 e. The fourth-order valence-electron chi connectivity index (χ4n) is 1.35. The third kappa shape index (κ3) is 3.17. The highest BCUT2D eigenvalue weighted by Gasteiger charge is 2.01. The SMILES string of the molecule is Cc1ccccc1CCC(C)NN. The molecule has 2 nitrogen and oxygen atoms in total. The van der Waals surface area contributed by atoms with Gasteiger partial charge in [-0.2, -0.15) is 0 Å². The second kappa shape index (κ2) is 5.00. The van der Waals surface area contributed by atoms with Crippen LogP contribution in [0.5, 0.6) is 0 Å². The molecule has 0 aliphatic rings. The van der Waals surface area contributed by atoms with Gasteiger partial charge in [-0.15, -0.1) is 0 Å². The first kappa shape index (κ1) is 10.2. The first-order valence-corrected chi connectivity index (χ1v) is 4.74. The van der Waals surface area contributed by atoms with E-state index in [0.29, 0.717) is 6.04 Å². The summed E-state index contributed by atoms with van der Waals surface area (Å²) < 4.78 is 0. The molecule has 2 heteroatoms. The summed E-state index contributed by atoms with van der Waals surface area (Å²) in [5, 5.41) is 0. The molecule has 1 unspecified atom stereocenters. The van der Waals surface area contributed by atoms with Gasteiger partial charge in [0.25, 0.3) is 0 Å². The van der Waals surface area contributed by atoms with E-state index in [9.17, 15) is 0 Å². The number of aryl methyl sites for hydroxylation is 2. The van der Waals surface area contributed by atoms with E-state index in [0.717, 1.165) is 12.8 Å². The third-order valence-corrected chi connectivity index (χ3v) is 2.39. The van der Waals surface area contributed by atoms with Crippen molar-refractivity contribution in [1.29, 1.82) is 0 Å². The van der Waals surface area contributed by atoms with Gasteiger partial charge < -0.3 is 0 Å². The van der Waals surface area contributed by atoms with E-state index in [1.807, 2.05) is 0 Å². The lowest BCUT2D eigenvalue weighted by molar-refractivity contribution is 0.531. The van der Waals surface area contributed by atoms with Crippen LogP contribution in [-0.2, 0) is 6.42 Å². The highest BCUT2D eigenvalue weighted by molar-refractivity contribution is 5.25. The molecular formula is C11H18N2. The molecule has 0 aliphatic carbocycles. The van der Waals surface area contributed by atoms with Gasteiger partial charge in [-0.25, -0.2) is 0 Å². The van der Waals surface area contributed by atoms with Crippen LogP contribution >= 0.6 is 0 Å². The molecule has 0 radical (unpaired) electrons. The number of rotatable bonds is 4. The van der Waals surface area contributed by atoms with Crippen molar-refractivity contribution in [1.82, 2.24) is 5.43 Å². The molecule has 1 aromatic rings. The molecule has 0 saturated heterocycles. The number of nitrogens with two attached hydrogens (primary N) is 1. The summed E-state index contributed by atoms with van der Waals surface area (Å²) in [6.45, 7) is 4.24. The zero-order chi connectivity index (χ0) is 9.68. The summed E-state index contributed by atoms with van der Waals surface area (Å²) in [4.78, 5) is 0. The van der Waals surface area contributed by atoms with E-state index in [-0.39, 0.29) is 0 Å². The van der Waals surface area contributed by atoms with Gasteiger partial charge in [0.15, 0.2) is 0 Å². The molecular weight excluding hydrogens is 160 g/mol. The number of benzene rings is 1. The van der Waals surface area contributed by atoms with Crippen LogP contribution in [0.3, 0.4) is 0 Å². The largest absolute Gasteiger partial charge is 0.271 e. The Kier molecular flexibility index (Phi) is 3.93. The van der Waals surface area contributed by atoms with E-state index in [1.54, 1.807) is 0 Å². The summed E-state index contributed by atoms with van der Waals surface area (Å²) in [6, 6.07) is 8.88. The molecule has 0 aliphatic heterocycles. The molecule has 0 aromatic heterocycles. The van der Waals surface area contributed by atoms with E-state index < -0.39 is 0 Å². The van der Waals surface area contributed by atoms with Crippen molar-refractivity contribution in [2.45, 2.75) is 32.7 Å². The number of hydrogen-bond donors (Lipinski definition) is 2. The Morgan fingerprint density at radius 3 is 2.69 bits per heavy atom. The predicted octanol–water partition coefficient (Wildman–Crippen LogP) is 1.78. The van der Waals surface area contributed by atoms with Crippen LogP contribution in [-0.4, -0.2) is 6.04 Å². The van der Waals surface area contributed by atoms with Gasteiger partial charge in [0, 0.05) is 6.04 Å². The smallest absolute Gasteiger partial charge is 0.0185 e. The maximum absolute atomic E-state index is 5.32. The zero-order valence-corrected chi connectivity index (χ0v) is 8.38. The molecule has 1 aromatic carbocycles. The van der Waals surface area contributed by atoms with Crippen LogP contribution < -0.4 is 11.3 Å². The highest BCUT2D eigenvalue weighted by atomic mass is 15.2. The van der Waals surface area contributed by atoms with Gasteiger partial charge in [-0.05, 0) is 37.8 Å². The maximum Gasteiger partial charge on any atom is 0.0185 e. The van der Waals surface area contributed by atoms with Crippen LogP contribution in [0.4, 0.5) is 0 Å². The van der Waals surface area contributed by atoms with E-state index in [1.165, 1.54) is 11.1 Å². The van der Waals surface area contributed by atoms with Gasteiger partial charge in [0.1, 0.15) is 0 Å². The maximum atomic E-state index is 5.32. The molecule has 0 spiro atoms. The third-order valence-electron chi connectivity index (χ3n) is 2.39. The fraction of sp³-hybridized carbons (Fsp3) is 0.455. The summed E-state index contributed by atoms with van der Waals surface area (Å²) in [5.74, 6) is 5.32. The van der Waals surface area contributed by atoms with Crippen LogP contribution in [0.15, 0.2) is 24.3 Å². The second-order valence-corrected chi connectivity index (χ2v) is 3.53. The van der Waals surface area contributed by atoms with Gasteiger partial charge in [-0.3, -0.25) is 11.3 Å². The Hall–Kier alpha value is -0.860. The average molecular weight is 178 g/mol. The molecule has 13 heavy (non-hydrogen) atoms. The van der Waals surface area contributed by atoms with Crippen molar-refractivity contribution in [3.8, 4) is 0 Å². The van der Waals surface area contributed by atoms with Crippen LogP contribution in [0.1, 0.15) is 24.5 Å².